The molecule has 0 aliphatic rings. The Kier molecular flexibility index (Phi) is 4.26. The van der Waals surface area contributed by atoms with Gasteiger partial charge in [-0.1, -0.05) is 0 Å². The molecule has 15 heteroatoms. The molecule has 0 radical (unpaired) electrons. The Hall–Kier alpha value is -2.16. The normalized spacial score (nSPS) is 13.0. The molecule has 8 nitrogen and oxygen atoms in total. The van der Waals surface area contributed by atoms with Crippen LogP contribution >= 0.6 is 0 Å². The Morgan fingerprint density at radius 1 is 1.23 bits per heavy atom. The van der Waals surface area contributed by atoms with Crippen molar-refractivity contribution in [2.45, 2.75) is 17.4 Å². The van der Waals surface area contributed by atoms with Crippen molar-refractivity contribution in [1.29, 1.82) is 0 Å². The van der Waals surface area contributed by atoms with Crippen LogP contribution in [-0.2, 0) is 16.2 Å². The molecule has 0 aliphatic heterocycles. The molecule has 22 heavy (non-hydrogen) atoms. The van der Waals surface area contributed by atoms with Crippen molar-refractivity contribution < 1.29 is 44.4 Å². The first-order chi connectivity index (χ1) is 9.64. The van der Waals surface area contributed by atoms with Gasteiger partial charge in [-0.05, 0) is 0 Å². The lowest BCUT2D eigenvalue weighted by atomic mass is 10.2. The number of ether oxygens (including phenoxy) is 1. The molecule has 0 saturated heterocycles. The van der Waals surface area contributed by atoms with Crippen molar-refractivity contribution in [3.8, 4) is 5.88 Å². The van der Waals surface area contributed by atoms with Gasteiger partial charge in [0.15, 0.2) is 4.90 Å². The van der Waals surface area contributed by atoms with Gasteiger partial charge in [0.2, 0.25) is 10.0 Å². The van der Waals surface area contributed by atoms with E-state index in [1.807, 2.05) is 0 Å². The second-order valence-electron chi connectivity index (χ2n) is 3.50. The standard InChI is InChI=1S/C7H3F6N3O5S/c8-6(9,10)2-1-15-5(21-7(11,12)13)3(16(17)18)4(2)22(14,19)20/h1H,(H2,14,19,20). The van der Waals surface area contributed by atoms with Crippen LogP contribution in [0.1, 0.15) is 5.56 Å². The van der Waals surface area contributed by atoms with Crippen LogP contribution in [0.4, 0.5) is 32.0 Å². The van der Waals surface area contributed by atoms with Gasteiger partial charge in [0.25, 0.3) is 0 Å². The number of nitrogens with two attached hydrogens (primary N) is 1. The molecular formula is C7H3F6N3O5S. The van der Waals surface area contributed by atoms with Gasteiger partial charge in [-0.25, -0.2) is 18.5 Å². The van der Waals surface area contributed by atoms with E-state index in [1.165, 1.54) is 0 Å². The number of alkyl halides is 6. The second kappa shape index (κ2) is 5.24. The first-order valence-electron chi connectivity index (χ1n) is 4.67. The summed E-state index contributed by atoms with van der Waals surface area (Å²) in [7, 11) is -5.42. The SMILES string of the molecule is NS(=O)(=O)c1c(C(F)(F)F)cnc(OC(F)(F)F)c1[N+](=O)[O-]. The van der Waals surface area contributed by atoms with E-state index in [1.54, 1.807) is 0 Å². The highest BCUT2D eigenvalue weighted by Gasteiger charge is 2.46. The summed E-state index contributed by atoms with van der Waals surface area (Å²) in [5.74, 6) is -1.99. The largest absolute Gasteiger partial charge is 0.574 e. The van der Waals surface area contributed by atoms with Gasteiger partial charge in [-0.2, -0.15) is 13.2 Å². The summed E-state index contributed by atoms with van der Waals surface area (Å²) in [5, 5.41) is 15.1. The third kappa shape index (κ3) is 3.94. The topological polar surface area (TPSA) is 125 Å². The lowest BCUT2D eigenvalue weighted by molar-refractivity contribution is -0.392. The molecule has 1 rings (SSSR count). The van der Waals surface area contributed by atoms with Gasteiger partial charge in [-0.15, -0.1) is 13.2 Å². The van der Waals surface area contributed by atoms with E-state index >= 15 is 0 Å². The number of aromatic nitrogens is 1. The molecule has 0 bridgehead atoms. The van der Waals surface area contributed by atoms with Crippen molar-refractivity contribution >= 4 is 15.7 Å². The van der Waals surface area contributed by atoms with E-state index in [4.69, 9.17) is 0 Å². The third-order valence-corrected chi connectivity index (χ3v) is 2.94. The quantitative estimate of drug-likeness (QED) is 0.498. The number of nitrogens with zero attached hydrogens (tertiary/aromatic N) is 2. The Balaban J connectivity index is 3.86. The van der Waals surface area contributed by atoms with Crippen molar-refractivity contribution in [1.82, 2.24) is 4.98 Å². The van der Waals surface area contributed by atoms with E-state index in [0.29, 0.717) is 0 Å². The summed E-state index contributed by atoms with van der Waals surface area (Å²) in [5.41, 5.74) is -4.37. The highest BCUT2D eigenvalue weighted by molar-refractivity contribution is 7.89. The van der Waals surface area contributed by atoms with E-state index in [9.17, 15) is 44.9 Å². The lowest BCUT2D eigenvalue weighted by Crippen LogP contribution is -2.24. The summed E-state index contributed by atoms with van der Waals surface area (Å²) in [6, 6.07) is 0. The van der Waals surface area contributed by atoms with Crippen molar-refractivity contribution in [3.05, 3.63) is 21.9 Å². The summed E-state index contributed by atoms with van der Waals surface area (Å²) in [6.07, 6.45) is -11.4. The molecule has 1 heterocycles. The highest BCUT2D eigenvalue weighted by atomic mass is 32.2. The van der Waals surface area contributed by atoms with Crippen LogP contribution in [-0.4, -0.2) is 24.7 Å². The molecule has 0 aliphatic carbocycles. The van der Waals surface area contributed by atoms with Crippen LogP contribution < -0.4 is 9.88 Å². The maximum Gasteiger partial charge on any atom is 0.574 e. The zero-order valence-corrected chi connectivity index (χ0v) is 10.6. The average Bonchev–Trinajstić information content (AvgIpc) is 2.22. The predicted octanol–water partition coefficient (Wildman–Crippen LogP) is 1.55. The van der Waals surface area contributed by atoms with E-state index in [-0.39, 0.29) is 6.20 Å². The Morgan fingerprint density at radius 2 is 1.73 bits per heavy atom. The van der Waals surface area contributed by atoms with Gasteiger partial charge in [-0.3, -0.25) is 10.1 Å². The van der Waals surface area contributed by atoms with Crippen molar-refractivity contribution in [2.24, 2.45) is 5.14 Å². The molecule has 1 aromatic rings. The highest BCUT2D eigenvalue weighted by Crippen LogP contribution is 2.42. The Bertz CT molecular complexity index is 713. The molecule has 2 N–H and O–H groups in total. The molecular weight excluding hydrogens is 352 g/mol. The summed E-state index contributed by atoms with van der Waals surface area (Å²) >= 11 is 0. The zero-order valence-electron chi connectivity index (χ0n) is 9.77. The van der Waals surface area contributed by atoms with Gasteiger partial charge < -0.3 is 4.74 Å². The van der Waals surface area contributed by atoms with Crippen LogP contribution in [0.5, 0.6) is 5.88 Å². The molecule has 0 fully saturated rings. The van der Waals surface area contributed by atoms with E-state index in [2.05, 4.69) is 14.9 Å². The fourth-order valence-corrected chi connectivity index (χ4v) is 2.21. The minimum Gasteiger partial charge on any atom is -0.381 e. The first kappa shape index (κ1) is 17.9. The molecule has 124 valence electrons. The number of pyridine rings is 1. The summed E-state index contributed by atoms with van der Waals surface area (Å²) in [4.78, 5) is 9.18. The van der Waals surface area contributed by atoms with Crippen LogP contribution in [0.2, 0.25) is 0 Å². The molecule has 0 atom stereocenters. The average molecular weight is 355 g/mol. The Morgan fingerprint density at radius 3 is 2.05 bits per heavy atom. The second-order valence-corrected chi connectivity index (χ2v) is 5.00. The number of hydrogen-bond donors (Lipinski definition) is 1. The maximum absolute atomic E-state index is 12.6. The minimum atomic E-state index is -5.56. The monoisotopic (exact) mass is 355 g/mol. The van der Waals surface area contributed by atoms with Crippen molar-refractivity contribution in [2.75, 3.05) is 0 Å². The van der Waals surface area contributed by atoms with Crippen molar-refractivity contribution in [3.63, 3.8) is 0 Å². The molecule has 1 aromatic heterocycles. The summed E-state index contributed by atoms with van der Waals surface area (Å²) < 4.78 is 99.5. The number of sulfonamides is 1. The van der Waals surface area contributed by atoms with Gasteiger partial charge >= 0.3 is 24.1 Å². The third-order valence-electron chi connectivity index (χ3n) is 1.96. The molecule has 0 unspecified atom stereocenters. The predicted molar refractivity (Wildman–Crippen MR) is 53.9 cm³/mol. The number of primary sulfonamides is 1. The van der Waals surface area contributed by atoms with Crippen LogP contribution in [0.25, 0.3) is 0 Å². The number of halogens is 6. The smallest absolute Gasteiger partial charge is 0.381 e. The van der Waals surface area contributed by atoms with Crippen LogP contribution in [0.15, 0.2) is 11.1 Å². The molecule has 0 amide bonds. The summed E-state index contributed by atoms with van der Waals surface area (Å²) in [6.45, 7) is 0. The van der Waals surface area contributed by atoms with Gasteiger partial charge in [0, 0.05) is 6.20 Å². The molecule has 0 aromatic carbocycles. The van der Waals surface area contributed by atoms with E-state index < -0.39 is 49.5 Å². The molecule has 0 spiro atoms. The fraction of sp³-hybridized carbons (Fsp3) is 0.286. The van der Waals surface area contributed by atoms with E-state index in [0.717, 1.165) is 0 Å². The maximum atomic E-state index is 12.6. The van der Waals surface area contributed by atoms with Crippen LogP contribution in [0, 0.1) is 10.1 Å². The van der Waals surface area contributed by atoms with Gasteiger partial charge in [0.05, 0.1) is 4.92 Å². The number of hydrogen-bond acceptors (Lipinski definition) is 6. The number of nitro groups is 1. The minimum absolute atomic E-state index is 0.367. The van der Waals surface area contributed by atoms with Crippen LogP contribution in [0.3, 0.4) is 0 Å². The first-order valence-corrected chi connectivity index (χ1v) is 6.22. The van der Waals surface area contributed by atoms with Gasteiger partial charge in [0.1, 0.15) is 5.56 Å². The number of rotatable bonds is 3. The Labute approximate surface area is 116 Å². The lowest BCUT2D eigenvalue weighted by Gasteiger charge is -2.14. The zero-order chi connectivity index (χ0) is 17.5. The molecule has 0 saturated carbocycles. The fourth-order valence-electron chi connectivity index (χ4n) is 1.30.